The molecule has 2 N–H and O–H groups in total. The second kappa shape index (κ2) is 8.21. The van der Waals surface area contributed by atoms with Crippen molar-refractivity contribution in [2.24, 2.45) is 10.9 Å². The summed E-state index contributed by atoms with van der Waals surface area (Å²) < 4.78 is 4.73. The topological polar surface area (TPSA) is 90.7 Å². The lowest BCUT2D eigenvalue weighted by molar-refractivity contribution is 0.0991. The fraction of sp³-hybridized carbons (Fsp3) is 0.0625. The monoisotopic (exact) mass is 297 g/mol. The number of nitrogens with zero attached hydrogens (tertiary/aromatic N) is 2. The van der Waals surface area contributed by atoms with Gasteiger partial charge in [-0.3, -0.25) is 4.79 Å². The van der Waals surface area contributed by atoms with E-state index in [-0.39, 0.29) is 5.69 Å². The zero-order chi connectivity index (χ0) is 15.6. The Bertz CT molecular complexity index is 674. The highest BCUT2D eigenvalue weighted by molar-refractivity contribution is 5.92. The van der Waals surface area contributed by atoms with Crippen LogP contribution >= 0.6 is 0 Å². The van der Waals surface area contributed by atoms with E-state index in [1.807, 2.05) is 36.4 Å². The van der Waals surface area contributed by atoms with E-state index in [4.69, 9.17) is 10.3 Å². The van der Waals surface area contributed by atoms with Crippen LogP contribution in [0.4, 0.5) is 0 Å². The molecule has 6 heteroatoms. The molecule has 1 aliphatic rings. The molecule has 112 valence electrons. The number of primary amides is 1. The minimum Gasteiger partial charge on any atom is -0.365 e. The van der Waals surface area contributed by atoms with Crippen molar-refractivity contribution in [1.82, 2.24) is 5.16 Å². The number of nitrogens with two attached hydrogens (primary N) is 1. The molecule has 22 heavy (non-hydrogen) atoms. The molecule has 0 saturated heterocycles. The zero-order valence-electron chi connectivity index (χ0n) is 11.8. The zero-order valence-corrected chi connectivity index (χ0v) is 11.8. The average Bonchev–Trinajstić information content (AvgIpc) is 2.80. The number of oxime groups is 1. The number of aromatic nitrogens is 1. The van der Waals surface area contributed by atoms with Gasteiger partial charge in [0.15, 0.2) is 5.69 Å². The van der Waals surface area contributed by atoms with Crippen molar-refractivity contribution in [3.8, 4) is 0 Å². The van der Waals surface area contributed by atoms with Crippen LogP contribution in [0.5, 0.6) is 0 Å². The minimum absolute atomic E-state index is 0.207. The Labute approximate surface area is 127 Å². The van der Waals surface area contributed by atoms with Gasteiger partial charge in [0.05, 0.1) is 6.21 Å². The highest BCUT2D eigenvalue weighted by atomic mass is 16.6. The standard InChI is InChI=1S/C11H10N2O2.C5H5NO/c12-11(14)10-9(7-15-13-10)6-8-4-2-1-3-5-8;1-2-4-6-7-5-3-1/h1-5,7H,6H2,(H2,12,14);1-5H. The Hall–Kier alpha value is -3.15. The second-order valence-electron chi connectivity index (χ2n) is 4.29. The van der Waals surface area contributed by atoms with E-state index in [2.05, 4.69) is 15.1 Å². The van der Waals surface area contributed by atoms with E-state index in [1.54, 1.807) is 18.4 Å². The number of hydrogen-bond donors (Lipinski definition) is 1. The highest BCUT2D eigenvalue weighted by Crippen LogP contribution is 2.12. The number of rotatable bonds is 3. The fourth-order valence-corrected chi connectivity index (χ4v) is 1.70. The summed E-state index contributed by atoms with van der Waals surface area (Å²) in [5, 5.41) is 7.03. The third-order valence-corrected chi connectivity index (χ3v) is 2.68. The molecule has 0 fully saturated rings. The number of carbonyl (C=O) groups is 1. The normalized spacial score (nSPS) is 12.0. The van der Waals surface area contributed by atoms with E-state index in [0.717, 1.165) is 5.56 Å². The van der Waals surface area contributed by atoms with Crippen molar-refractivity contribution < 1.29 is 14.2 Å². The van der Waals surface area contributed by atoms with Crippen LogP contribution in [0.15, 0.2) is 70.8 Å². The van der Waals surface area contributed by atoms with Crippen LogP contribution in [0.3, 0.4) is 0 Å². The highest BCUT2D eigenvalue weighted by Gasteiger charge is 2.12. The Kier molecular flexibility index (Phi) is 5.69. The van der Waals surface area contributed by atoms with Gasteiger partial charge in [-0.05, 0) is 17.7 Å². The maximum absolute atomic E-state index is 11.0. The first-order valence-electron chi connectivity index (χ1n) is 6.55. The molecule has 0 aliphatic carbocycles. The van der Waals surface area contributed by atoms with Gasteiger partial charge in [0.25, 0.3) is 5.91 Å². The molecule has 0 saturated carbocycles. The SMILES string of the molecule is C1=CC=NOC=C1.NC(=O)c1nocc1Cc1ccccc1. The molecule has 1 aromatic heterocycles. The number of hydrogen-bond acceptors (Lipinski definition) is 5. The van der Waals surface area contributed by atoms with Crippen molar-refractivity contribution in [2.75, 3.05) is 0 Å². The first-order valence-corrected chi connectivity index (χ1v) is 6.55. The molecule has 0 unspecified atom stereocenters. The van der Waals surface area contributed by atoms with Crippen molar-refractivity contribution >= 4 is 12.1 Å². The van der Waals surface area contributed by atoms with Crippen LogP contribution in [0.2, 0.25) is 0 Å². The summed E-state index contributed by atoms with van der Waals surface area (Å²) in [5.41, 5.74) is 7.16. The van der Waals surface area contributed by atoms with Crippen LogP contribution in [-0.4, -0.2) is 17.3 Å². The third-order valence-electron chi connectivity index (χ3n) is 2.68. The number of benzene rings is 1. The molecule has 1 aliphatic heterocycles. The van der Waals surface area contributed by atoms with E-state index < -0.39 is 5.91 Å². The van der Waals surface area contributed by atoms with E-state index in [1.165, 1.54) is 12.5 Å². The van der Waals surface area contributed by atoms with E-state index >= 15 is 0 Å². The molecule has 3 rings (SSSR count). The van der Waals surface area contributed by atoms with Gasteiger partial charge in [0.2, 0.25) is 0 Å². The number of carbonyl (C=O) groups excluding carboxylic acids is 1. The Morgan fingerprint density at radius 2 is 1.95 bits per heavy atom. The number of amides is 1. The second-order valence-corrected chi connectivity index (χ2v) is 4.29. The maximum Gasteiger partial charge on any atom is 0.271 e. The molecule has 0 atom stereocenters. The minimum atomic E-state index is -0.560. The fourth-order valence-electron chi connectivity index (χ4n) is 1.70. The molecular formula is C16H15N3O3. The summed E-state index contributed by atoms with van der Waals surface area (Å²) in [4.78, 5) is 15.5. The molecule has 1 aromatic carbocycles. The van der Waals surface area contributed by atoms with Gasteiger partial charge in [0, 0.05) is 12.0 Å². The summed E-state index contributed by atoms with van der Waals surface area (Å²) in [6.45, 7) is 0. The average molecular weight is 297 g/mol. The van der Waals surface area contributed by atoms with Crippen LogP contribution in [-0.2, 0) is 11.3 Å². The predicted molar refractivity (Wildman–Crippen MR) is 82.1 cm³/mol. The summed E-state index contributed by atoms with van der Waals surface area (Å²) in [6.07, 6.45) is 10.6. The van der Waals surface area contributed by atoms with Gasteiger partial charge >= 0.3 is 0 Å². The van der Waals surface area contributed by atoms with Gasteiger partial charge < -0.3 is 15.1 Å². The first-order chi connectivity index (χ1) is 10.8. The molecule has 0 spiro atoms. The molecule has 6 nitrogen and oxygen atoms in total. The van der Waals surface area contributed by atoms with Crippen molar-refractivity contribution in [3.05, 3.63) is 77.9 Å². The summed E-state index contributed by atoms with van der Waals surface area (Å²) in [6, 6.07) is 9.75. The number of allylic oxidation sites excluding steroid dienone is 3. The smallest absolute Gasteiger partial charge is 0.271 e. The van der Waals surface area contributed by atoms with Crippen molar-refractivity contribution in [3.63, 3.8) is 0 Å². The molecule has 2 aromatic rings. The maximum atomic E-state index is 11.0. The van der Waals surface area contributed by atoms with E-state index in [9.17, 15) is 4.79 Å². The van der Waals surface area contributed by atoms with Crippen molar-refractivity contribution in [1.29, 1.82) is 0 Å². The lowest BCUT2D eigenvalue weighted by Crippen LogP contribution is -2.13. The van der Waals surface area contributed by atoms with Gasteiger partial charge in [-0.25, -0.2) is 0 Å². The van der Waals surface area contributed by atoms with Crippen LogP contribution in [0.1, 0.15) is 21.6 Å². The molecule has 0 radical (unpaired) electrons. The Morgan fingerprint density at radius 1 is 1.14 bits per heavy atom. The first kappa shape index (κ1) is 15.2. The Morgan fingerprint density at radius 3 is 2.73 bits per heavy atom. The lowest BCUT2D eigenvalue weighted by Gasteiger charge is -1.98. The molecule has 1 amide bonds. The lowest BCUT2D eigenvalue weighted by atomic mass is 10.1. The quantitative estimate of drug-likeness (QED) is 0.942. The predicted octanol–water partition coefficient (Wildman–Crippen LogP) is 2.44. The van der Waals surface area contributed by atoms with Gasteiger partial charge in [0.1, 0.15) is 12.5 Å². The summed E-state index contributed by atoms with van der Waals surface area (Å²) >= 11 is 0. The van der Waals surface area contributed by atoms with Gasteiger partial charge in [-0.15, -0.1) is 0 Å². The Balaban J connectivity index is 0.000000211. The van der Waals surface area contributed by atoms with E-state index in [0.29, 0.717) is 12.0 Å². The van der Waals surface area contributed by atoms with Crippen molar-refractivity contribution in [2.45, 2.75) is 6.42 Å². The molecular weight excluding hydrogens is 282 g/mol. The largest absolute Gasteiger partial charge is 0.365 e. The van der Waals surface area contributed by atoms with Crippen LogP contribution < -0.4 is 5.73 Å². The summed E-state index contributed by atoms with van der Waals surface area (Å²) in [5.74, 6) is -0.560. The van der Waals surface area contributed by atoms with Crippen LogP contribution in [0.25, 0.3) is 0 Å². The summed E-state index contributed by atoms with van der Waals surface area (Å²) in [7, 11) is 0. The van der Waals surface area contributed by atoms with Gasteiger partial charge in [-0.1, -0.05) is 46.7 Å². The van der Waals surface area contributed by atoms with Gasteiger partial charge in [-0.2, -0.15) is 0 Å². The molecule has 0 bridgehead atoms. The molecule has 2 heterocycles. The third kappa shape index (κ3) is 4.75. The van der Waals surface area contributed by atoms with Crippen LogP contribution in [0, 0.1) is 0 Å².